The van der Waals surface area contributed by atoms with Gasteiger partial charge in [-0.25, -0.2) is 0 Å². The maximum absolute atomic E-state index is 11.8. The molecule has 0 atom stereocenters. The van der Waals surface area contributed by atoms with Gasteiger partial charge in [0.25, 0.3) is 5.91 Å². The minimum atomic E-state index is -0.236. The van der Waals surface area contributed by atoms with Crippen LogP contribution in [0.5, 0.6) is 5.75 Å². The van der Waals surface area contributed by atoms with E-state index >= 15 is 0 Å². The molecule has 3 nitrogen and oxygen atoms in total. The van der Waals surface area contributed by atoms with Crippen LogP contribution in [0.15, 0.2) is 60.8 Å². The van der Waals surface area contributed by atoms with E-state index in [1.54, 1.807) is 24.3 Å². The molecular weight excluding hydrogens is 214 g/mol. The maximum atomic E-state index is 11.8. The minimum Gasteiger partial charge on any atom is -0.508 e. The van der Waals surface area contributed by atoms with E-state index in [1.807, 2.05) is 19.1 Å². The van der Waals surface area contributed by atoms with Crippen molar-refractivity contribution in [2.24, 2.45) is 0 Å². The summed E-state index contributed by atoms with van der Waals surface area (Å²) in [5.41, 5.74) is 1.11. The van der Waals surface area contributed by atoms with Crippen molar-refractivity contribution in [2.75, 3.05) is 0 Å². The summed E-state index contributed by atoms with van der Waals surface area (Å²) in [6.45, 7) is 5.51. The van der Waals surface area contributed by atoms with Gasteiger partial charge in [-0.1, -0.05) is 18.7 Å². The predicted molar refractivity (Wildman–Crippen MR) is 68.7 cm³/mol. The van der Waals surface area contributed by atoms with E-state index in [0.717, 1.165) is 0 Å². The van der Waals surface area contributed by atoms with Crippen LogP contribution < -0.4 is 5.32 Å². The molecule has 0 heterocycles. The number of carbonyl (C=O) groups excluding carboxylic acids is 1. The van der Waals surface area contributed by atoms with Crippen LogP contribution in [-0.4, -0.2) is 11.0 Å². The molecule has 1 aromatic carbocycles. The highest BCUT2D eigenvalue weighted by atomic mass is 16.3. The molecule has 0 spiro atoms. The maximum Gasteiger partial charge on any atom is 0.255 e. The fourth-order valence-electron chi connectivity index (χ4n) is 1.18. The van der Waals surface area contributed by atoms with Crippen LogP contribution in [0.4, 0.5) is 0 Å². The molecule has 0 fully saturated rings. The molecule has 0 saturated heterocycles. The molecule has 0 unspecified atom stereocenters. The number of hydrogen-bond donors (Lipinski definition) is 2. The van der Waals surface area contributed by atoms with E-state index in [1.165, 1.54) is 12.1 Å². The highest BCUT2D eigenvalue weighted by Crippen LogP contribution is 2.09. The monoisotopic (exact) mass is 229 g/mol. The third-order valence-corrected chi connectivity index (χ3v) is 2.08. The first-order valence-corrected chi connectivity index (χ1v) is 5.23. The Kier molecular flexibility index (Phi) is 4.76. The molecule has 0 saturated carbocycles. The number of phenols is 1. The first kappa shape index (κ1) is 12.8. The fourth-order valence-corrected chi connectivity index (χ4v) is 1.18. The molecule has 88 valence electrons. The first-order valence-electron chi connectivity index (χ1n) is 5.23. The molecule has 17 heavy (non-hydrogen) atoms. The van der Waals surface area contributed by atoms with Crippen LogP contribution in [0.1, 0.15) is 17.3 Å². The van der Waals surface area contributed by atoms with Gasteiger partial charge < -0.3 is 10.4 Å². The smallest absolute Gasteiger partial charge is 0.255 e. The van der Waals surface area contributed by atoms with Crippen LogP contribution >= 0.6 is 0 Å². The van der Waals surface area contributed by atoms with Crippen LogP contribution in [0, 0.1) is 0 Å². The molecule has 0 bridgehead atoms. The lowest BCUT2D eigenvalue weighted by Crippen LogP contribution is -2.21. The molecule has 1 aromatic rings. The number of nitrogens with one attached hydrogen (secondary N) is 1. The summed E-state index contributed by atoms with van der Waals surface area (Å²) >= 11 is 0. The third-order valence-electron chi connectivity index (χ3n) is 2.08. The number of hydrogen-bond acceptors (Lipinski definition) is 2. The Hall–Kier alpha value is -2.29. The quantitative estimate of drug-likeness (QED) is 0.780. The Balaban J connectivity index is 2.77. The van der Waals surface area contributed by atoms with Crippen molar-refractivity contribution < 1.29 is 9.90 Å². The second-order valence-electron chi connectivity index (χ2n) is 3.35. The lowest BCUT2D eigenvalue weighted by molar-refractivity contribution is 0.0967. The lowest BCUT2D eigenvalue weighted by atomic mass is 10.2. The van der Waals surface area contributed by atoms with Gasteiger partial charge in [-0.05, 0) is 43.3 Å². The summed E-state index contributed by atoms with van der Waals surface area (Å²) in [6.07, 6.45) is 6.99. The highest BCUT2D eigenvalue weighted by molar-refractivity contribution is 5.95. The van der Waals surface area contributed by atoms with Crippen molar-refractivity contribution in [2.45, 2.75) is 6.92 Å². The van der Waals surface area contributed by atoms with Crippen molar-refractivity contribution in [3.05, 3.63) is 66.4 Å². The molecular formula is C14H15NO2. The van der Waals surface area contributed by atoms with Gasteiger partial charge in [-0.2, -0.15) is 0 Å². The molecule has 1 amide bonds. The van der Waals surface area contributed by atoms with Gasteiger partial charge in [0.2, 0.25) is 0 Å². The van der Waals surface area contributed by atoms with Crippen molar-refractivity contribution in [1.29, 1.82) is 0 Å². The first-order chi connectivity index (χ1) is 8.17. The number of carbonyl (C=O) groups is 1. The van der Waals surface area contributed by atoms with E-state index in [-0.39, 0.29) is 11.7 Å². The van der Waals surface area contributed by atoms with Crippen molar-refractivity contribution in [3.63, 3.8) is 0 Å². The third kappa shape index (κ3) is 3.99. The van der Waals surface area contributed by atoms with Gasteiger partial charge in [0.1, 0.15) is 5.75 Å². The number of rotatable bonds is 4. The summed E-state index contributed by atoms with van der Waals surface area (Å²) in [7, 11) is 0. The molecule has 2 N–H and O–H groups in total. The molecule has 1 rings (SSSR count). The van der Waals surface area contributed by atoms with Crippen LogP contribution in [-0.2, 0) is 0 Å². The van der Waals surface area contributed by atoms with Crippen molar-refractivity contribution in [3.8, 4) is 5.75 Å². The van der Waals surface area contributed by atoms with E-state index in [4.69, 9.17) is 5.11 Å². The van der Waals surface area contributed by atoms with Gasteiger partial charge in [0.05, 0.1) is 0 Å². The number of allylic oxidation sites excluding steroid dienone is 4. The minimum absolute atomic E-state index is 0.134. The summed E-state index contributed by atoms with van der Waals surface area (Å²) in [5, 5.41) is 11.8. The Labute approximate surface area is 101 Å². The van der Waals surface area contributed by atoms with Gasteiger partial charge in [-0.15, -0.1) is 0 Å². The van der Waals surface area contributed by atoms with E-state index in [2.05, 4.69) is 11.9 Å². The molecule has 0 aliphatic heterocycles. The van der Waals surface area contributed by atoms with E-state index in [0.29, 0.717) is 11.3 Å². The number of benzene rings is 1. The van der Waals surface area contributed by atoms with Gasteiger partial charge >= 0.3 is 0 Å². The summed E-state index contributed by atoms with van der Waals surface area (Å²) in [5.74, 6) is -0.101. The summed E-state index contributed by atoms with van der Waals surface area (Å²) in [4.78, 5) is 11.8. The number of phenolic OH excluding ortho intramolecular Hbond substituents is 1. The van der Waals surface area contributed by atoms with Crippen LogP contribution in [0.2, 0.25) is 0 Å². The second kappa shape index (κ2) is 6.33. The molecule has 3 heteroatoms. The molecule has 0 aliphatic carbocycles. The fraction of sp³-hybridized carbons (Fsp3) is 0.0714. The van der Waals surface area contributed by atoms with Crippen molar-refractivity contribution >= 4 is 5.91 Å². The Morgan fingerprint density at radius 3 is 2.53 bits per heavy atom. The Bertz CT molecular complexity index is 456. The number of amides is 1. The Morgan fingerprint density at radius 1 is 1.35 bits per heavy atom. The summed E-state index contributed by atoms with van der Waals surface area (Å²) < 4.78 is 0. The highest BCUT2D eigenvalue weighted by Gasteiger charge is 2.05. The molecule has 0 aromatic heterocycles. The predicted octanol–water partition coefficient (Wildman–Crippen LogP) is 2.77. The van der Waals surface area contributed by atoms with Gasteiger partial charge in [0, 0.05) is 11.3 Å². The number of aromatic hydroxyl groups is 1. The van der Waals surface area contributed by atoms with Crippen LogP contribution in [0.25, 0.3) is 0 Å². The largest absolute Gasteiger partial charge is 0.508 e. The zero-order valence-corrected chi connectivity index (χ0v) is 9.68. The zero-order valence-electron chi connectivity index (χ0n) is 9.68. The van der Waals surface area contributed by atoms with Gasteiger partial charge in [-0.3, -0.25) is 4.79 Å². The topological polar surface area (TPSA) is 49.3 Å². The average Bonchev–Trinajstić information content (AvgIpc) is 2.35. The standard InChI is InChI=1S/C14H15NO2/c1-3-5-6-12(4-2)15-14(17)11-7-9-13(16)10-8-11/h3-10,16H,2H2,1H3,(H,15,17)/b5-3-,12-6+. The van der Waals surface area contributed by atoms with E-state index in [9.17, 15) is 4.79 Å². The Morgan fingerprint density at radius 2 is 2.00 bits per heavy atom. The summed E-state index contributed by atoms with van der Waals surface area (Å²) in [6, 6.07) is 6.05. The molecule has 0 aliphatic rings. The van der Waals surface area contributed by atoms with E-state index < -0.39 is 0 Å². The lowest BCUT2D eigenvalue weighted by Gasteiger charge is -2.05. The zero-order chi connectivity index (χ0) is 12.7. The van der Waals surface area contributed by atoms with Crippen molar-refractivity contribution in [1.82, 2.24) is 5.32 Å². The molecule has 0 radical (unpaired) electrons. The van der Waals surface area contributed by atoms with Crippen LogP contribution in [0.3, 0.4) is 0 Å². The SMILES string of the molecule is C=C/C(=C\C=C/C)NC(=O)c1ccc(O)cc1. The normalized spacial score (nSPS) is 11.5. The second-order valence-corrected chi connectivity index (χ2v) is 3.35. The van der Waals surface area contributed by atoms with Gasteiger partial charge in [0.15, 0.2) is 0 Å². The average molecular weight is 229 g/mol.